The molecule has 0 radical (unpaired) electrons. The molecule has 5 heteroatoms. The van der Waals surface area contributed by atoms with E-state index in [9.17, 15) is 10.4 Å². The van der Waals surface area contributed by atoms with Crippen molar-refractivity contribution in [3.63, 3.8) is 0 Å². The lowest BCUT2D eigenvalue weighted by Gasteiger charge is -2.05. The van der Waals surface area contributed by atoms with Crippen LogP contribution in [-0.4, -0.2) is 9.94 Å². The molecule has 1 aromatic heterocycles. The van der Waals surface area contributed by atoms with Crippen molar-refractivity contribution in [2.45, 2.75) is 13.8 Å². The standard InChI is InChI=1S/C11H11ClN2O2/c1-7-8(2)14(16)11(13(7)15)9-5-3-4-6-10(9)12/h3-6,15H,1-2H3. The van der Waals surface area contributed by atoms with Gasteiger partial charge in [-0.3, -0.25) is 0 Å². The average Bonchev–Trinajstić information content (AvgIpc) is 2.45. The van der Waals surface area contributed by atoms with Crippen LogP contribution in [0.3, 0.4) is 0 Å². The van der Waals surface area contributed by atoms with Crippen molar-refractivity contribution < 1.29 is 9.94 Å². The summed E-state index contributed by atoms with van der Waals surface area (Å²) in [5.41, 5.74) is 1.47. The second kappa shape index (κ2) is 3.72. The van der Waals surface area contributed by atoms with E-state index < -0.39 is 0 Å². The van der Waals surface area contributed by atoms with E-state index in [2.05, 4.69) is 0 Å². The second-order valence-electron chi connectivity index (χ2n) is 3.58. The topological polar surface area (TPSA) is 52.1 Å². The highest BCUT2D eigenvalue weighted by Gasteiger charge is 2.25. The van der Waals surface area contributed by atoms with E-state index in [-0.39, 0.29) is 5.82 Å². The van der Waals surface area contributed by atoms with Crippen LogP contribution in [-0.2, 0) is 0 Å². The largest absolute Gasteiger partial charge is 0.710 e. The summed E-state index contributed by atoms with van der Waals surface area (Å²) in [6, 6.07) is 6.90. The Kier molecular flexibility index (Phi) is 2.52. The van der Waals surface area contributed by atoms with Gasteiger partial charge in [0.2, 0.25) is 0 Å². The van der Waals surface area contributed by atoms with E-state index in [1.165, 1.54) is 0 Å². The lowest BCUT2D eigenvalue weighted by atomic mass is 10.2. The predicted molar refractivity (Wildman–Crippen MR) is 60.5 cm³/mol. The van der Waals surface area contributed by atoms with Crippen molar-refractivity contribution in [2.75, 3.05) is 0 Å². The van der Waals surface area contributed by atoms with Gasteiger partial charge in [-0.1, -0.05) is 23.7 Å². The number of halogens is 1. The fourth-order valence-corrected chi connectivity index (χ4v) is 1.79. The molecule has 0 saturated carbocycles. The first-order chi connectivity index (χ1) is 7.54. The van der Waals surface area contributed by atoms with Gasteiger partial charge in [-0.25, -0.2) is 4.73 Å². The summed E-state index contributed by atoms with van der Waals surface area (Å²) in [6.07, 6.45) is 0. The molecule has 0 aliphatic heterocycles. The number of aromatic nitrogens is 2. The number of imidazole rings is 1. The zero-order valence-electron chi connectivity index (χ0n) is 8.94. The van der Waals surface area contributed by atoms with Gasteiger partial charge in [-0.15, -0.1) is 0 Å². The molecule has 1 heterocycles. The lowest BCUT2D eigenvalue weighted by Crippen LogP contribution is -2.30. The average molecular weight is 239 g/mol. The van der Waals surface area contributed by atoms with Gasteiger partial charge in [0.15, 0.2) is 5.69 Å². The SMILES string of the molecule is Cc1c(C)[n+]([O-])c(-c2ccccc2Cl)n1O. The van der Waals surface area contributed by atoms with E-state index >= 15 is 0 Å². The second-order valence-corrected chi connectivity index (χ2v) is 3.99. The maximum Gasteiger partial charge on any atom is 0.333 e. The molecule has 2 rings (SSSR count). The normalized spacial score (nSPS) is 10.7. The molecule has 1 N–H and O–H groups in total. The van der Waals surface area contributed by atoms with Crippen LogP contribution in [0, 0.1) is 19.1 Å². The highest BCUT2D eigenvalue weighted by molar-refractivity contribution is 6.33. The van der Waals surface area contributed by atoms with Crippen LogP contribution in [0.15, 0.2) is 24.3 Å². The molecule has 16 heavy (non-hydrogen) atoms. The van der Waals surface area contributed by atoms with Gasteiger partial charge in [0.1, 0.15) is 5.69 Å². The van der Waals surface area contributed by atoms with Crippen LogP contribution in [0.2, 0.25) is 5.02 Å². The van der Waals surface area contributed by atoms with Crippen LogP contribution in [0.1, 0.15) is 11.4 Å². The zero-order chi connectivity index (χ0) is 11.9. The minimum Gasteiger partial charge on any atom is -0.710 e. The molecule has 0 aliphatic carbocycles. The summed E-state index contributed by atoms with van der Waals surface area (Å²) < 4.78 is 1.54. The highest BCUT2D eigenvalue weighted by atomic mass is 35.5. The molecule has 1 aromatic carbocycles. The molecule has 2 aromatic rings. The van der Waals surface area contributed by atoms with Crippen molar-refractivity contribution in [1.29, 1.82) is 0 Å². The van der Waals surface area contributed by atoms with Crippen LogP contribution in [0.5, 0.6) is 0 Å². The monoisotopic (exact) mass is 238 g/mol. The smallest absolute Gasteiger partial charge is 0.333 e. The Morgan fingerprint density at radius 3 is 2.44 bits per heavy atom. The summed E-state index contributed by atoms with van der Waals surface area (Å²) in [5.74, 6) is 0.139. The predicted octanol–water partition coefficient (Wildman–Crippen LogP) is 2.30. The van der Waals surface area contributed by atoms with Gasteiger partial charge < -0.3 is 10.4 Å². The Bertz CT molecular complexity index is 524. The van der Waals surface area contributed by atoms with Gasteiger partial charge in [0, 0.05) is 13.8 Å². The maximum absolute atomic E-state index is 11.8. The van der Waals surface area contributed by atoms with Gasteiger partial charge in [0.05, 0.1) is 10.6 Å². The molecule has 0 saturated heterocycles. The van der Waals surface area contributed by atoms with Gasteiger partial charge >= 0.3 is 5.82 Å². The Morgan fingerprint density at radius 1 is 1.31 bits per heavy atom. The number of nitrogens with zero attached hydrogens (tertiary/aromatic N) is 2. The molecule has 0 unspecified atom stereocenters. The quantitative estimate of drug-likeness (QED) is 0.471. The van der Waals surface area contributed by atoms with E-state index in [4.69, 9.17) is 11.6 Å². The summed E-state index contributed by atoms with van der Waals surface area (Å²) in [4.78, 5) is 0. The van der Waals surface area contributed by atoms with E-state index in [0.717, 1.165) is 4.73 Å². The number of benzene rings is 1. The molecule has 0 bridgehead atoms. The Hall–Kier alpha value is -1.68. The molecule has 0 fully saturated rings. The summed E-state index contributed by atoms with van der Waals surface area (Å²) in [6.45, 7) is 3.32. The third-order valence-electron chi connectivity index (χ3n) is 2.65. The molecule has 4 nitrogen and oxygen atoms in total. The Labute approximate surface area is 97.9 Å². The molecule has 0 aliphatic rings. The van der Waals surface area contributed by atoms with E-state index in [0.29, 0.717) is 26.7 Å². The number of hydrogen-bond acceptors (Lipinski definition) is 2. The van der Waals surface area contributed by atoms with Crippen LogP contribution >= 0.6 is 11.6 Å². The molecule has 84 valence electrons. The van der Waals surface area contributed by atoms with Gasteiger partial charge in [-0.2, -0.15) is 0 Å². The summed E-state index contributed by atoms with van der Waals surface area (Å²) in [7, 11) is 0. The minimum atomic E-state index is 0.139. The lowest BCUT2D eigenvalue weighted by molar-refractivity contribution is -0.600. The van der Waals surface area contributed by atoms with Crippen LogP contribution in [0.25, 0.3) is 11.4 Å². The van der Waals surface area contributed by atoms with Crippen molar-refractivity contribution in [3.05, 3.63) is 45.9 Å². The van der Waals surface area contributed by atoms with Crippen molar-refractivity contribution in [3.8, 4) is 11.4 Å². The van der Waals surface area contributed by atoms with Crippen LogP contribution in [0.4, 0.5) is 0 Å². The fourth-order valence-electron chi connectivity index (χ4n) is 1.57. The number of rotatable bonds is 1. The van der Waals surface area contributed by atoms with Gasteiger partial charge in [0.25, 0.3) is 0 Å². The third kappa shape index (κ3) is 1.42. The molecule has 0 amide bonds. The van der Waals surface area contributed by atoms with Gasteiger partial charge in [-0.05, 0) is 16.9 Å². The van der Waals surface area contributed by atoms with E-state index in [1.54, 1.807) is 38.1 Å². The maximum atomic E-state index is 11.8. The first-order valence-corrected chi connectivity index (χ1v) is 5.17. The fraction of sp³-hybridized carbons (Fsp3) is 0.182. The summed E-state index contributed by atoms with van der Waals surface area (Å²) in [5, 5.41) is 22.1. The van der Waals surface area contributed by atoms with Crippen molar-refractivity contribution in [1.82, 2.24) is 4.73 Å². The molecular weight excluding hydrogens is 228 g/mol. The van der Waals surface area contributed by atoms with Crippen LogP contribution < -0.4 is 4.73 Å². The Balaban J connectivity index is 2.75. The molecule has 0 spiro atoms. The van der Waals surface area contributed by atoms with Crippen molar-refractivity contribution in [2.24, 2.45) is 0 Å². The third-order valence-corrected chi connectivity index (χ3v) is 2.98. The Morgan fingerprint density at radius 2 is 1.94 bits per heavy atom. The first-order valence-electron chi connectivity index (χ1n) is 4.79. The highest BCUT2D eigenvalue weighted by Crippen LogP contribution is 2.26. The number of hydrogen-bond donors (Lipinski definition) is 1. The minimum absolute atomic E-state index is 0.139. The molecular formula is C11H11ClN2O2. The van der Waals surface area contributed by atoms with Crippen molar-refractivity contribution >= 4 is 11.6 Å². The summed E-state index contributed by atoms with van der Waals surface area (Å²) >= 11 is 5.99. The zero-order valence-corrected chi connectivity index (χ0v) is 9.69. The van der Waals surface area contributed by atoms with E-state index in [1.807, 2.05) is 0 Å². The first kappa shape index (κ1) is 10.8. The molecule has 0 atom stereocenters.